The molecule has 0 aliphatic heterocycles. The largest absolute Gasteiger partial charge is 0.496 e. The molecule has 4 nitrogen and oxygen atoms in total. The number of methoxy groups -OCH3 is 1. The van der Waals surface area contributed by atoms with Crippen LogP contribution < -0.4 is 15.8 Å². The summed E-state index contributed by atoms with van der Waals surface area (Å²) in [6.45, 7) is 5.89. The summed E-state index contributed by atoms with van der Waals surface area (Å²) >= 11 is 0. The molecule has 0 aliphatic rings. The van der Waals surface area contributed by atoms with E-state index >= 15 is 0 Å². The molecule has 1 amide bonds. The molecule has 1 atom stereocenters. The minimum Gasteiger partial charge on any atom is -0.496 e. The van der Waals surface area contributed by atoms with Gasteiger partial charge in [-0.3, -0.25) is 4.79 Å². The molecule has 0 bridgehead atoms. The fraction of sp³-hybridized carbons (Fsp3) is 0.533. The van der Waals surface area contributed by atoms with E-state index in [9.17, 15) is 4.79 Å². The summed E-state index contributed by atoms with van der Waals surface area (Å²) in [6.07, 6.45) is 2.17. The van der Waals surface area contributed by atoms with Gasteiger partial charge in [-0.15, -0.1) is 0 Å². The van der Waals surface area contributed by atoms with E-state index in [-0.39, 0.29) is 11.9 Å². The number of anilines is 1. The van der Waals surface area contributed by atoms with Crippen LogP contribution in [0.5, 0.6) is 5.75 Å². The van der Waals surface area contributed by atoms with Crippen molar-refractivity contribution in [2.24, 2.45) is 5.73 Å². The summed E-state index contributed by atoms with van der Waals surface area (Å²) in [5.74, 6) is 0.850. The molecule has 0 fully saturated rings. The smallest absolute Gasteiger partial charge is 0.224 e. The third-order valence-corrected chi connectivity index (χ3v) is 3.14. The monoisotopic (exact) mass is 264 g/mol. The SMILES string of the molecule is COc1c(C)ccc(NC(=O)CCCC(C)N)c1C. The number of carbonyl (C=O) groups excluding carboxylic acids is 1. The highest BCUT2D eigenvalue weighted by Gasteiger charge is 2.10. The van der Waals surface area contributed by atoms with Crippen LogP contribution in [0.25, 0.3) is 0 Å². The van der Waals surface area contributed by atoms with E-state index in [2.05, 4.69) is 5.32 Å². The molecule has 1 aromatic carbocycles. The maximum absolute atomic E-state index is 11.8. The van der Waals surface area contributed by atoms with Crippen molar-refractivity contribution in [3.63, 3.8) is 0 Å². The van der Waals surface area contributed by atoms with E-state index in [1.54, 1.807) is 7.11 Å². The number of benzene rings is 1. The second-order valence-electron chi connectivity index (χ2n) is 5.01. The topological polar surface area (TPSA) is 64.3 Å². The Morgan fingerprint density at radius 1 is 1.42 bits per heavy atom. The van der Waals surface area contributed by atoms with Crippen LogP contribution in [-0.4, -0.2) is 19.1 Å². The van der Waals surface area contributed by atoms with Crippen molar-refractivity contribution in [3.8, 4) is 5.75 Å². The van der Waals surface area contributed by atoms with E-state index < -0.39 is 0 Å². The average Bonchev–Trinajstić information content (AvgIpc) is 2.33. The first-order chi connectivity index (χ1) is 8.95. The summed E-state index contributed by atoms with van der Waals surface area (Å²) in [7, 11) is 1.64. The molecular formula is C15H24N2O2. The Labute approximate surface area is 115 Å². The van der Waals surface area contributed by atoms with Crippen LogP contribution in [-0.2, 0) is 4.79 Å². The third kappa shape index (κ3) is 4.56. The molecule has 0 heterocycles. The van der Waals surface area contributed by atoms with Crippen LogP contribution >= 0.6 is 0 Å². The van der Waals surface area contributed by atoms with Crippen molar-refractivity contribution >= 4 is 11.6 Å². The normalized spacial score (nSPS) is 12.1. The fourth-order valence-electron chi connectivity index (χ4n) is 2.07. The van der Waals surface area contributed by atoms with Gasteiger partial charge in [0.05, 0.1) is 7.11 Å². The van der Waals surface area contributed by atoms with Crippen LogP contribution in [0.3, 0.4) is 0 Å². The number of amides is 1. The van der Waals surface area contributed by atoms with E-state index in [4.69, 9.17) is 10.5 Å². The fourth-order valence-corrected chi connectivity index (χ4v) is 2.07. The van der Waals surface area contributed by atoms with Crippen molar-refractivity contribution in [2.45, 2.75) is 46.1 Å². The van der Waals surface area contributed by atoms with Crippen molar-refractivity contribution in [3.05, 3.63) is 23.3 Å². The first-order valence-corrected chi connectivity index (χ1v) is 6.65. The molecule has 1 unspecified atom stereocenters. The van der Waals surface area contributed by atoms with Crippen LogP contribution in [0.1, 0.15) is 37.3 Å². The highest BCUT2D eigenvalue weighted by molar-refractivity contribution is 5.91. The first kappa shape index (κ1) is 15.5. The average molecular weight is 264 g/mol. The van der Waals surface area contributed by atoms with Crippen LogP contribution in [0.2, 0.25) is 0 Å². The Bertz CT molecular complexity index is 442. The Hall–Kier alpha value is -1.55. The van der Waals surface area contributed by atoms with Gasteiger partial charge in [-0.1, -0.05) is 6.07 Å². The quantitative estimate of drug-likeness (QED) is 0.830. The van der Waals surface area contributed by atoms with Gasteiger partial charge < -0.3 is 15.8 Å². The summed E-state index contributed by atoms with van der Waals surface area (Å²) in [6, 6.07) is 4.01. The van der Waals surface area contributed by atoms with E-state index in [0.29, 0.717) is 6.42 Å². The van der Waals surface area contributed by atoms with Gasteiger partial charge in [-0.05, 0) is 45.2 Å². The summed E-state index contributed by atoms with van der Waals surface area (Å²) < 4.78 is 5.34. The van der Waals surface area contributed by atoms with Gasteiger partial charge in [-0.25, -0.2) is 0 Å². The number of rotatable bonds is 6. The minimum absolute atomic E-state index is 0.0228. The molecule has 106 valence electrons. The zero-order valence-electron chi connectivity index (χ0n) is 12.2. The molecule has 0 aliphatic carbocycles. The number of hydrogen-bond donors (Lipinski definition) is 2. The molecular weight excluding hydrogens is 240 g/mol. The molecule has 0 aromatic heterocycles. The molecule has 0 radical (unpaired) electrons. The Morgan fingerprint density at radius 2 is 2.11 bits per heavy atom. The molecule has 4 heteroatoms. The highest BCUT2D eigenvalue weighted by atomic mass is 16.5. The molecule has 3 N–H and O–H groups in total. The number of ether oxygens (including phenoxy) is 1. The van der Waals surface area contributed by atoms with Crippen molar-refractivity contribution in [1.82, 2.24) is 0 Å². The van der Waals surface area contributed by atoms with E-state index in [1.807, 2.05) is 32.9 Å². The van der Waals surface area contributed by atoms with Gasteiger partial charge in [0.2, 0.25) is 5.91 Å². The lowest BCUT2D eigenvalue weighted by Gasteiger charge is -2.14. The minimum atomic E-state index is 0.0228. The lowest BCUT2D eigenvalue weighted by molar-refractivity contribution is -0.116. The molecule has 1 rings (SSSR count). The molecule has 0 spiro atoms. The van der Waals surface area contributed by atoms with Crippen LogP contribution in [0.15, 0.2) is 12.1 Å². The van der Waals surface area contributed by atoms with Gasteiger partial charge in [0.1, 0.15) is 5.75 Å². The van der Waals surface area contributed by atoms with Gasteiger partial charge >= 0.3 is 0 Å². The number of nitrogens with two attached hydrogens (primary N) is 1. The maximum atomic E-state index is 11.8. The van der Waals surface area contributed by atoms with Gasteiger partial charge in [-0.2, -0.15) is 0 Å². The van der Waals surface area contributed by atoms with Crippen molar-refractivity contribution < 1.29 is 9.53 Å². The summed E-state index contributed by atoms with van der Waals surface area (Å²) in [5, 5.41) is 2.93. The van der Waals surface area contributed by atoms with Gasteiger partial charge in [0, 0.05) is 23.7 Å². The zero-order valence-corrected chi connectivity index (χ0v) is 12.2. The Balaban J connectivity index is 2.64. The third-order valence-electron chi connectivity index (χ3n) is 3.14. The second kappa shape index (κ2) is 7.14. The lowest BCUT2D eigenvalue weighted by atomic mass is 10.1. The zero-order chi connectivity index (χ0) is 14.4. The number of aryl methyl sites for hydroxylation is 1. The highest BCUT2D eigenvalue weighted by Crippen LogP contribution is 2.29. The molecule has 19 heavy (non-hydrogen) atoms. The van der Waals surface area contributed by atoms with E-state index in [0.717, 1.165) is 35.4 Å². The summed E-state index contributed by atoms with van der Waals surface area (Å²) in [5.41, 5.74) is 8.50. The standard InChI is InChI=1S/C15H24N2O2/c1-10-8-9-13(12(3)15(10)19-4)17-14(18)7-5-6-11(2)16/h8-9,11H,5-7,16H2,1-4H3,(H,17,18). The number of hydrogen-bond acceptors (Lipinski definition) is 3. The predicted molar refractivity (Wildman–Crippen MR) is 78.6 cm³/mol. The van der Waals surface area contributed by atoms with Crippen LogP contribution in [0.4, 0.5) is 5.69 Å². The Kier molecular flexibility index (Phi) is 5.83. The molecule has 0 saturated carbocycles. The maximum Gasteiger partial charge on any atom is 0.224 e. The van der Waals surface area contributed by atoms with Crippen LogP contribution in [0, 0.1) is 13.8 Å². The number of carbonyl (C=O) groups is 1. The molecule has 1 aromatic rings. The van der Waals surface area contributed by atoms with Gasteiger partial charge in [0.15, 0.2) is 0 Å². The second-order valence-corrected chi connectivity index (χ2v) is 5.01. The van der Waals surface area contributed by atoms with Crippen molar-refractivity contribution in [2.75, 3.05) is 12.4 Å². The van der Waals surface area contributed by atoms with Crippen molar-refractivity contribution in [1.29, 1.82) is 0 Å². The first-order valence-electron chi connectivity index (χ1n) is 6.65. The summed E-state index contributed by atoms with van der Waals surface area (Å²) in [4.78, 5) is 11.8. The number of nitrogens with one attached hydrogen (secondary N) is 1. The Morgan fingerprint density at radius 3 is 2.68 bits per heavy atom. The van der Waals surface area contributed by atoms with Gasteiger partial charge in [0.25, 0.3) is 0 Å². The predicted octanol–water partition coefficient (Wildman–Crippen LogP) is 2.77. The van der Waals surface area contributed by atoms with E-state index in [1.165, 1.54) is 0 Å². The molecule has 0 saturated heterocycles. The lowest BCUT2D eigenvalue weighted by Crippen LogP contribution is -2.17.